The van der Waals surface area contributed by atoms with Gasteiger partial charge in [0.25, 0.3) is 5.91 Å². The quantitative estimate of drug-likeness (QED) is 0.541. The van der Waals surface area contributed by atoms with Crippen LogP contribution in [-0.2, 0) is 14.4 Å². The number of hydrogen-bond donors (Lipinski definition) is 3. The van der Waals surface area contributed by atoms with Crippen molar-refractivity contribution in [3.8, 4) is 0 Å². The maximum Gasteiger partial charge on any atom is 0.261 e. The minimum Gasteiger partial charge on any atom is -0.344 e. The summed E-state index contributed by atoms with van der Waals surface area (Å²) in [5.41, 5.74) is 5.87. The Balaban J connectivity index is 2.40. The Bertz CT molecular complexity index is 558. The predicted molar refractivity (Wildman–Crippen MR) is 90.6 cm³/mol. The SMILES string of the molecule is CC(=O)N[C@H](C(=O)NNC(=O)CSc1ccc(C)cc1)C(C)C. The lowest BCUT2D eigenvalue weighted by atomic mass is 10.0. The van der Waals surface area contributed by atoms with Crippen molar-refractivity contribution in [1.82, 2.24) is 16.2 Å². The summed E-state index contributed by atoms with van der Waals surface area (Å²) in [7, 11) is 0. The van der Waals surface area contributed by atoms with Crippen molar-refractivity contribution in [3.63, 3.8) is 0 Å². The average molecular weight is 337 g/mol. The summed E-state index contributed by atoms with van der Waals surface area (Å²) in [5.74, 6) is -0.938. The summed E-state index contributed by atoms with van der Waals surface area (Å²) in [5, 5.41) is 2.56. The Morgan fingerprint density at radius 3 is 2.22 bits per heavy atom. The summed E-state index contributed by atoms with van der Waals surface area (Å²) in [6.07, 6.45) is 0. The first-order valence-electron chi connectivity index (χ1n) is 7.35. The van der Waals surface area contributed by atoms with Crippen LogP contribution in [0.25, 0.3) is 0 Å². The molecule has 0 aliphatic heterocycles. The number of benzene rings is 1. The Morgan fingerprint density at radius 1 is 1.09 bits per heavy atom. The molecule has 3 N–H and O–H groups in total. The van der Waals surface area contributed by atoms with Gasteiger partial charge in [-0.15, -0.1) is 11.8 Å². The van der Waals surface area contributed by atoms with Crippen LogP contribution in [-0.4, -0.2) is 29.5 Å². The first-order valence-corrected chi connectivity index (χ1v) is 8.33. The standard InChI is InChI=1S/C16H23N3O3S/c1-10(2)15(17-12(4)20)16(22)19-18-14(21)9-23-13-7-5-11(3)6-8-13/h5-8,10,15H,9H2,1-4H3,(H,17,20)(H,18,21)(H,19,22)/t15-/m0/s1. The molecule has 0 saturated heterocycles. The monoisotopic (exact) mass is 337 g/mol. The number of thioether (sulfide) groups is 1. The minimum absolute atomic E-state index is 0.0854. The van der Waals surface area contributed by atoms with E-state index in [0.717, 1.165) is 10.5 Å². The number of carbonyl (C=O) groups excluding carboxylic acids is 3. The van der Waals surface area contributed by atoms with Gasteiger partial charge >= 0.3 is 0 Å². The highest BCUT2D eigenvalue weighted by Crippen LogP contribution is 2.17. The second-order valence-corrected chi connectivity index (χ2v) is 6.61. The number of nitrogens with one attached hydrogen (secondary N) is 3. The molecule has 0 bridgehead atoms. The Morgan fingerprint density at radius 2 is 1.70 bits per heavy atom. The van der Waals surface area contributed by atoms with Crippen LogP contribution in [0.15, 0.2) is 29.2 Å². The topological polar surface area (TPSA) is 87.3 Å². The fourth-order valence-electron chi connectivity index (χ4n) is 1.78. The highest BCUT2D eigenvalue weighted by atomic mass is 32.2. The molecule has 1 aromatic carbocycles. The lowest BCUT2D eigenvalue weighted by molar-refractivity contribution is -0.132. The van der Waals surface area contributed by atoms with E-state index in [-0.39, 0.29) is 23.5 Å². The molecule has 0 aliphatic rings. The van der Waals surface area contributed by atoms with Gasteiger partial charge in [0, 0.05) is 11.8 Å². The normalized spacial score (nSPS) is 11.7. The molecule has 23 heavy (non-hydrogen) atoms. The van der Waals surface area contributed by atoms with Crippen molar-refractivity contribution in [2.45, 2.75) is 38.6 Å². The fourth-order valence-corrected chi connectivity index (χ4v) is 2.48. The molecule has 0 spiro atoms. The summed E-state index contributed by atoms with van der Waals surface area (Å²) >= 11 is 1.38. The number of amides is 3. The third kappa shape index (κ3) is 7.19. The molecule has 0 aromatic heterocycles. The maximum atomic E-state index is 12.0. The molecule has 1 rings (SSSR count). The van der Waals surface area contributed by atoms with Gasteiger partial charge in [-0.1, -0.05) is 31.5 Å². The number of hydrogen-bond acceptors (Lipinski definition) is 4. The molecule has 1 aromatic rings. The van der Waals surface area contributed by atoms with Crippen LogP contribution in [0, 0.1) is 12.8 Å². The lowest BCUT2D eigenvalue weighted by Gasteiger charge is -2.20. The number of hydrazine groups is 1. The molecule has 0 radical (unpaired) electrons. The summed E-state index contributed by atoms with van der Waals surface area (Å²) in [6.45, 7) is 6.97. The van der Waals surface area contributed by atoms with E-state index >= 15 is 0 Å². The van der Waals surface area contributed by atoms with Gasteiger partial charge in [-0.25, -0.2) is 0 Å². The molecule has 0 unspecified atom stereocenters. The van der Waals surface area contributed by atoms with Gasteiger partial charge in [0.2, 0.25) is 11.8 Å². The van der Waals surface area contributed by atoms with Gasteiger partial charge in [0.15, 0.2) is 0 Å². The van der Waals surface area contributed by atoms with Crippen LogP contribution in [0.2, 0.25) is 0 Å². The lowest BCUT2D eigenvalue weighted by Crippen LogP contribution is -2.54. The summed E-state index contributed by atoms with van der Waals surface area (Å²) in [6, 6.07) is 7.15. The molecular weight excluding hydrogens is 314 g/mol. The summed E-state index contributed by atoms with van der Waals surface area (Å²) in [4.78, 5) is 35.8. The van der Waals surface area contributed by atoms with Crippen LogP contribution in [0.1, 0.15) is 26.3 Å². The maximum absolute atomic E-state index is 12.0. The number of rotatable bonds is 6. The first-order chi connectivity index (χ1) is 10.8. The largest absolute Gasteiger partial charge is 0.344 e. The Hall–Kier alpha value is -2.02. The van der Waals surface area contributed by atoms with Crippen LogP contribution >= 0.6 is 11.8 Å². The third-order valence-corrected chi connectivity index (χ3v) is 4.04. The smallest absolute Gasteiger partial charge is 0.261 e. The van der Waals surface area contributed by atoms with Crippen molar-refractivity contribution in [2.24, 2.45) is 5.92 Å². The van der Waals surface area contributed by atoms with E-state index in [0.29, 0.717) is 0 Å². The molecule has 0 aliphatic carbocycles. The van der Waals surface area contributed by atoms with Crippen molar-refractivity contribution in [1.29, 1.82) is 0 Å². The second-order valence-electron chi connectivity index (χ2n) is 5.56. The fraction of sp³-hybridized carbons (Fsp3) is 0.438. The highest BCUT2D eigenvalue weighted by Gasteiger charge is 2.23. The number of carbonyl (C=O) groups is 3. The van der Waals surface area contributed by atoms with E-state index < -0.39 is 11.9 Å². The van der Waals surface area contributed by atoms with Crippen molar-refractivity contribution < 1.29 is 14.4 Å². The molecule has 1 atom stereocenters. The van der Waals surface area contributed by atoms with Crippen molar-refractivity contribution in [2.75, 3.05) is 5.75 Å². The van der Waals surface area contributed by atoms with Crippen molar-refractivity contribution in [3.05, 3.63) is 29.8 Å². The van der Waals surface area contributed by atoms with E-state index in [2.05, 4.69) is 16.2 Å². The molecular formula is C16H23N3O3S. The highest BCUT2D eigenvalue weighted by molar-refractivity contribution is 8.00. The Kier molecular flexibility index (Phi) is 7.61. The van der Waals surface area contributed by atoms with Crippen molar-refractivity contribution >= 4 is 29.5 Å². The van der Waals surface area contributed by atoms with E-state index in [1.54, 1.807) is 0 Å². The van der Waals surface area contributed by atoms with E-state index in [1.165, 1.54) is 18.7 Å². The van der Waals surface area contributed by atoms with Gasteiger partial charge in [-0.3, -0.25) is 25.2 Å². The van der Waals surface area contributed by atoms with Crippen LogP contribution in [0.4, 0.5) is 0 Å². The third-order valence-electron chi connectivity index (χ3n) is 3.02. The second kappa shape index (κ2) is 9.19. The molecule has 126 valence electrons. The van der Waals surface area contributed by atoms with Gasteiger partial charge < -0.3 is 5.32 Å². The van der Waals surface area contributed by atoms with Crippen LogP contribution in [0.5, 0.6) is 0 Å². The zero-order valence-electron chi connectivity index (χ0n) is 13.8. The average Bonchev–Trinajstić information content (AvgIpc) is 2.49. The van der Waals surface area contributed by atoms with Crippen LogP contribution in [0.3, 0.4) is 0 Å². The first kappa shape index (κ1) is 19.0. The number of aryl methyl sites for hydroxylation is 1. The zero-order valence-corrected chi connectivity index (χ0v) is 14.6. The van der Waals surface area contributed by atoms with E-state index in [9.17, 15) is 14.4 Å². The predicted octanol–water partition coefficient (Wildman–Crippen LogP) is 1.40. The molecule has 3 amide bonds. The molecule has 0 saturated carbocycles. The van der Waals surface area contributed by atoms with Crippen LogP contribution < -0.4 is 16.2 Å². The molecule has 6 nitrogen and oxygen atoms in total. The van der Waals surface area contributed by atoms with Gasteiger partial charge in [0.1, 0.15) is 6.04 Å². The van der Waals surface area contributed by atoms with E-state index in [1.807, 2.05) is 45.0 Å². The molecule has 7 heteroatoms. The van der Waals surface area contributed by atoms with Gasteiger partial charge in [-0.2, -0.15) is 0 Å². The van der Waals surface area contributed by atoms with E-state index in [4.69, 9.17) is 0 Å². The van der Waals surface area contributed by atoms with Gasteiger partial charge in [-0.05, 0) is 25.0 Å². The molecule has 0 fully saturated rings. The minimum atomic E-state index is -0.683. The summed E-state index contributed by atoms with van der Waals surface area (Å²) < 4.78 is 0. The van der Waals surface area contributed by atoms with Gasteiger partial charge in [0.05, 0.1) is 5.75 Å². The Labute approximate surface area is 140 Å². The zero-order chi connectivity index (χ0) is 17.4. The molecule has 0 heterocycles.